The third-order valence-electron chi connectivity index (χ3n) is 6.15. The molecule has 160 valence electrons. The summed E-state index contributed by atoms with van der Waals surface area (Å²) in [6.07, 6.45) is 10.1. The van der Waals surface area contributed by atoms with Crippen molar-refractivity contribution >= 4 is 11.8 Å². The van der Waals surface area contributed by atoms with Gasteiger partial charge in [0.1, 0.15) is 11.4 Å². The second-order valence-electron chi connectivity index (χ2n) is 8.49. The Labute approximate surface area is 190 Å². The molecule has 2 aliphatic heterocycles. The monoisotopic (exact) mass is 421 g/mol. The van der Waals surface area contributed by atoms with Crippen molar-refractivity contribution in [1.82, 2.24) is 0 Å². The van der Waals surface area contributed by atoms with E-state index in [1.807, 2.05) is 61.6 Å². The Hall–Kier alpha value is -3.76. The van der Waals surface area contributed by atoms with Crippen LogP contribution in [0.1, 0.15) is 43.7 Å². The Morgan fingerprint density at radius 1 is 1.06 bits per heavy atom. The molecule has 1 unspecified atom stereocenters. The van der Waals surface area contributed by atoms with Crippen molar-refractivity contribution in [3.05, 3.63) is 106 Å². The lowest BCUT2D eigenvalue weighted by Crippen LogP contribution is -2.29. The van der Waals surface area contributed by atoms with Gasteiger partial charge in [-0.1, -0.05) is 48.5 Å². The third kappa shape index (κ3) is 4.76. The van der Waals surface area contributed by atoms with Crippen LogP contribution in [0.2, 0.25) is 0 Å². The smallest absolute Gasteiger partial charge is 0.265 e. The number of hydrogen-bond acceptors (Lipinski definition) is 3. The van der Waals surface area contributed by atoms with Gasteiger partial charge in [-0.3, -0.25) is 0 Å². The molecule has 2 aliphatic rings. The molecule has 0 N–H and O–H groups in total. The third-order valence-corrected chi connectivity index (χ3v) is 6.15. The van der Waals surface area contributed by atoms with Crippen LogP contribution in [-0.4, -0.2) is 13.1 Å². The van der Waals surface area contributed by atoms with Crippen LogP contribution in [0.5, 0.6) is 0 Å². The molecule has 1 fully saturated rings. The molecule has 0 amide bonds. The number of piperidine rings is 1. The summed E-state index contributed by atoms with van der Waals surface area (Å²) in [5.74, 6) is 0.647. The number of ether oxygens (including phenoxy) is 1. The van der Waals surface area contributed by atoms with Crippen LogP contribution in [-0.2, 0) is 10.3 Å². The van der Waals surface area contributed by atoms with Gasteiger partial charge in [0.25, 0.3) is 5.70 Å². The largest absolute Gasteiger partial charge is 0.483 e. The zero-order valence-electron chi connectivity index (χ0n) is 18.4. The molecule has 2 aromatic carbocycles. The van der Waals surface area contributed by atoms with Gasteiger partial charge >= 0.3 is 0 Å². The highest BCUT2D eigenvalue weighted by Gasteiger charge is 2.34. The maximum Gasteiger partial charge on any atom is 0.265 e. The van der Waals surface area contributed by atoms with Crippen LogP contribution < -0.4 is 4.90 Å². The minimum absolute atomic E-state index is 0.118. The molecule has 0 saturated carbocycles. The lowest BCUT2D eigenvalue weighted by atomic mass is 9.85. The summed E-state index contributed by atoms with van der Waals surface area (Å²) in [6.45, 7) is 11.7. The number of rotatable bonds is 4. The maximum absolute atomic E-state index is 9.43. The summed E-state index contributed by atoms with van der Waals surface area (Å²) in [5, 5.41) is 9.43. The average molecular weight is 422 g/mol. The minimum Gasteiger partial charge on any atom is -0.483 e. The quantitative estimate of drug-likeness (QED) is 0.412. The molecule has 4 heteroatoms. The Balaban J connectivity index is 1.59. The van der Waals surface area contributed by atoms with E-state index in [0.717, 1.165) is 24.2 Å². The SMILES string of the molecule is [C-]#[N+]C(C#N)=C1C=C(C=Cc2ccc(N3CCCCC3)cc2)OC(C)(c2ccccc2)C1. The van der Waals surface area contributed by atoms with Gasteiger partial charge in [0.05, 0.1) is 12.6 Å². The summed E-state index contributed by atoms with van der Waals surface area (Å²) in [7, 11) is 0. The van der Waals surface area contributed by atoms with E-state index in [1.54, 1.807) is 0 Å². The fourth-order valence-corrected chi connectivity index (χ4v) is 4.39. The molecule has 4 nitrogen and oxygen atoms in total. The van der Waals surface area contributed by atoms with Gasteiger partial charge in [0.2, 0.25) is 0 Å². The molecule has 0 radical (unpaired) electrons. The Morgan fingerprint density at radius 3 is 2.44 bits per heavy atom. The molecule has 1 atom stereocenters. The second kappa shape index (κ2) is 9.58. The molecule has 1 saturated heterocycles. The van der Waals surface area contributed by atoms with Crippen molar-refractivity contribution in [2.45, 2.75) is 38.2 Å². The van der Waals surface area contributed by atoms with Gasteiger partial charge in [-0.25, -0.2) is 10.1 Å². The van der Waals surface area contributed by atoms with Gasteiger partial charge in [-0.15, -0.1) is 0 Å². The lowest BCUT2D eigenvalue weighted by Gasteiger charge is -2.36. The first kappa shape index (κ1) is 21.5. The highest BCUT2D eigenvalue weighted by Crippen LogP contribution is 2.40. The Kier molecular flexibility index (Phi) is 6.43. The molecule has 0 aliphatic carbocycles. The predicted molar refractivity (Wildman–Crippen MR) is 128 cm³/mol. The number of nitrogens with zero attached hydrogens (tertiary/aromatic N) is 3. The van der Waals surface area contributed by atoms with E-state index in [0.29, 0.717) is 17.8 Å². The fraction of sp³-hybridized carbons (Fsp3) is 0.286. The summed E-state index contributed by atoms with van der Waals surface area (Å²) in [6, 6.07) is 20.6. The van der Waals surface area contributed by atoms with E-state index in [9.17, 15) is 5.26 Å². The first-order valence-electron chi connectivity index (χ1n) is 11.1. The van der Waals surface area contributed by atoms with E-state index in [1.165, 1.54) is 24.9 Å². The van der Waals surface area contributed by atoms with Crippen LogP contribution in [0.3, 0.4) is 0 Å². The standard InChI is InChI=1S/C28H27N3O/c1-28(24-9-5-3-6-10-24)20-23(27(21-29)30-2)19-26(32-28)16-13-22-11-14-25(15-12-22)31-17-7-4-8-18-31/h3,5-6,9-16,19H,4,7-8,17-18,20H2,1H3. The van der Waals surface area contributed by atoms with Crippen molar-refractivity contribution in [3.8, 4) is 6.07 Å². The maximum atomic E-state index is 9.43. The summed E-state index contributed by atoms with van der Waals surface area (Å²) < 4.78 is 6.39. The van der Waals surface area contributed by atoms with E-state index >= 15 is 0 Å². The van der Waals surface area contributed by atoms with E-state index in [-0.39, 0.29) is 5.70 Å². The number of anilines is 1. The Bertz CT molecular complexity index is 1110. The van der Waals surface area contributed by atoms with Crippen LogP contribution >= 0.6 is 0 Å². The van der Waals surface area contributed by atoms with Gasteiger partial charge in [-0.05, 0) is 67.2 Å². The summed E-state index contributed by atoms with van der Waals surface area (Å²) >= 11 is 0. The van der Waals surface area contributed by atoms with E-state index < -0.39 is 5.60 Å². The molecule has 32 heavy (non-hydrogen) atoms. The molecule has 4 rings (SSSR count). The van der Waals surface area contributed by atoms with Crippen molar-refractivity contribution < 1.29 is 4.74 Å². The van der Waals surface area contributed by atoms with Crippen molar-refractivity contribution in [1.29, 1.82) is 5.26 Å². The highest BCUT2D eigenvalue weighted by molar-refractivity contribution is 5.58. The average Bonchev–Trinajstić information content (AvgIpc) is 2.85. The Morgan fingerprint density at radius 2 is 1.78 bits per heavy atom. The molecule has 0 aromatic heterocycles. The van der Waals surface area contributed by atoms with Gasteiger partial charge in [0, 0.05) is 25.2 Å². The van der Waals surface area contributed by atoms with E-state index in [4.69, 9.17) is 11.3 Å². The fourth-order valence-electron chi connectivity index (χ4n) is 4.39. The van der Waals surface area contributed by atoms with Gasteiger partial charge in [0.15, 0.2) is 0 Å². The molecular formula is C28H27N3O. The zero-order chi connectivity index (χ0) is 22.4. The number of benzene rings is 2. The normalized spacial score (nSPS) is 22.5. The number of hydrogen-bond donors (Lipinski definition) is 0. The van der Waals surface area contributed by atoms with Crippen molar-refractivity contribution in [2.75, 3.05) is 18.0 Å². The zero-order valence-corrected chi connectivity index (χ0v) is 18.4. The molecule has 2 heterocycles. The molecule has 0 spiro atoms. The second-order valence-corrected chi connectivity index (χ2v) is 8.49. The topological polar surface area (TPSA) is 40.6 Å². The minimum atomic E-state index is -0.643. The lowest BCUT2D eigenvalue weighted by molar-refractivity contribution is 0.0143. The van der Waals surface area contributed by atoms with Crippen LogP contribution in [0, 0.1) is 17.9 Å². The highest BCUT2D eigenvalue weighted by atomic mass is 16.5. The first-order chi connectivity index (χ1) is 15.6. The van der Waals surface area contributed by atoms with Crippen LogP contribution in [0.15, 0.2) is 83.8 Å². The van der Waals surface area contributed by atoms with Gasteiger partial charge in [-0.2, -0.15) is 0 Å². The van der Waals surface area contributed by atoms with Crippen LogP contribution in [0.4, 0.5) is 5.69 Å². The predicted octanol–water partition coefficient (Wildman–Crippen LogP) is 6.61. The van der Waals surface area contributed by atoms with Gasteiger partial charge < -0.3 is 9.64 Å². The molecular weight excluding hydrogens is 394 g/mol. The summed E-state index contributed by atoms with van der Waals surface area (Å²) in [4.78, 5) is 5.88. The number of nitriles is 1. The molecule has 2 aromatic rings. The van der Waals surface area contributed by atoms with Crippen molar-refractivity contribution in [2.24, 2.45) is 0 Å². The van der Waals surface area contributed by atoms with Crippen molar-refractivity contribution in [3.63, 3.8) is 0 Å². The summed E-state index contributed by atoms with van der Waals surface area (Å²) in [5.41, 5.74) is 3.55. The number of allylic oxidation sites excluding steroid dienone is 3. The molecule has 0 bridgehead atoms. The first-order valence-corrected chi connectivity index (χ1v) is 11.1. The van der Waals surface area contributed by atoms with Crippen LogP contribution in [0.25, 0.3) is 10.9 Å². The van der Waals surface area contributed by atoms with E-state index in [2.05, 4.69) is 34.0 Å².